The zero-order chi connectivity index (χ0) is 27.8. The van der Waals surface area contributed by atoms with Gasteiger partial charge in [-0.1, -0.05) is 61.1 Å². The number of aliphatic hydroxyl groups is 1. The van der Waals surface area contributed by atoms with Gasteiger partial charge in [0.2, 0.25) is 0 Å². The van der Waals surface area contributed by atoms with E-state index in [0.29, 0.717) is 5.69 Å². The van der Waals surface area contributed by atoms with Gasteiger partial charge in [0.1, 0.15) is 18.3 Å². The number of ether oxygens (including phenoxy) is 1. The Hall–Kier alpha value is -0.762. The van der Waals surface area contributed by atoms with Crippen molar-refractivity contribution in [3.8, 4) is 0 Å². The fraction of sp³-hybridized carbons (Fsp3) is 0.630. The van der Waals surface area contributed by atoms with Gasteiger partial charge in [-0.25, -0.2) is 4.79 Å². The van der Waals surface area contributed by atoms with Gasteiger partial charge in [-0.05, 0) is 27.7 Å². The quantitative estimate of drug-likeness (QED) is 0.359. The first-order valence-electron chi connectivity index (χ1n) is 13.5. The Bertz CT molecular complexity index is 1200. The summed E-state index contributed by atoms with van der Waals surface area (Å²) in [5.74, 6) is 0. The van der Waals surface area contributed by atoms with Crippen molar-refractivity contribution < 1.29 is 55.5 Å². The van der Waals surface area contributed by atoms with E-state index in [9.17, 15) is 9.90 Å². The number of aromatic nitrogens is 2. The molecule has 1 aromatic carbocycles. The van der Waals surface area contributed by atoms with Crippen LogP contribution >= 0.6 is 0 Å². The van der Waals surface area contributed by atoms with Crippen molar-refractivity contribution in [2.45, 2.75) is 102 Å². The third kappa shape index (κ3) is 6.36. The number of H-pyrrole nitrogens is 1. The van der Waals surface area contributed by atoms with Gasteiger partial charge < -0.3 is 38.4 Å². The molecule has 0 saturated carbocycles. The van der Waals surface area contributed by atoms with Gasteiger partial charge in [0, 0.05) is 32.7 Å². The van der Waals surface area contributed by atoms with Crippen LogP contribution in [0.1, 0.15) is 61.6 Å². The van der Waals surface area contributed by atoms with Crippen molar-refractivity contribution >= 4 is 22.8 Å². The van der Waals surface area contributed by atoms with Crippen molar-refractivity contribution in [3.05, 3.63) is 58.6 Å². The predicted octanol–water partition coefficient (Wildman–Crippen LogP) is 4.22. The van der Waals surface area contributed by atoms with Crippen LogP contribution in [0.5, 0.6) is 0 Å². The Labute approximate surface area is 258 Å². The second-order valence-electron chi connectivity index (χ2n) is 11.4. The maximum Gasteiger partial charge on any atom is 0.335 e. The van der Waals surface area contributed by atoms with Crippen LogP contribution in [-0.2, 0) is 50.4 Å². The van der Waals surface area contributed by atoms with E-state index in [1.54, 1.807) is 12.1 Å². The minimum absolute atomic E-state index is 0. The second kappa shape index (κ2) is 13.0. The molecule has 0 aliphatic carbocycles. The van der Waals surface area contributed by atoms with Crippen LogP contribution in [0.2, 0.25) is 22.2 Å². The third-order valence-electron chi connectivity index (χ3n) is 7.64. The molecule has 12 heteroatoms. The van der Waals surface area contributed by atoms with Gasteiger partial charge in [-0.3, -0.25) is 4.99 Å². The van der Waals surface area contributed by atoms with E-state index < -0.39 is 47.4 Å². The second-order valence-corrected chi connectivity index (χ2v) is 20.3. The van der Waals surface area contributed by atoms with E-state index in [0.717, 1.165) is 0 Å². The molecule has 4 atom stereocenters. The number of fused-ring (bicyclic) bond motifs is 1. The molecule has 1 radical (unpaired) electrons. The van der Waals surface area contributed by atoms with Crippen molar-refractivity contribution in [2.75, 3.05) is 6.61 Å². The summed E-state index contributed by atoms with van der Waals surface area (Å²) in [5, 5.41) is 11.5. The average molecular weight is 649 g/mol. The van der Waals surface area contributed by atoms with Crippen LogP contribution < -0.4 is 11.2 Å². The molecule has 1 unspecified atom stereocenters. The predicted molar refractivity (Wildman–Crippen MR) is 148 cm³/mol. The fourth-order valence-electron chi connectivity index (χ4n) is 5.58. The average Bonchev–Trinajstić information content (AvgIpc) is 3.13. The Balaban J connectivity index is 0.00000420. The Morgan fingerprint density at radius 2 is 1.67 bits per heavy atom. The number of hydrogen-bond donors (Lipinski definition) is 2. The molecule has 39 heavy (non-hydrogen) atoms. The molecule has 2 N–H and O–H groups in total. The molecule has 1 aromatic heterocycles. The SMILES string of the molecule is CC(C)[Si]1(C(C)C)OC[C@@H]2O[C@@H](n3c[c-]c(=Nc4[c-]cccc4)[nH]c3=O)C(O)[C@H]2O[Si](C(C)C)(C(C)C)O1.[Y]. The number of rotatable bonds is 6. The molecule has 213 valence electrons. The minimum atomic E-state index is -2.93. The topological polar surface area (TPSA) is 107 Å². The van der Waals surface area contributed by atoms with E-state index in [4.69, 9.17) is 17.7 Å². The maximum atomic E-state index is 13.1. The van der Waals surface area contributed by atoms with Gasteiger partial charge in [-0.15, -0.1) is 6.07 Å². The van der Waals surface area contributed by atoms with Crippen molar-refractivity contribution in [3.63, 3.8) is 0 Å². The molecule has 2 fully saturated rings. The maximum absolute atomic E-state index is 13.1. The molecular weight excluding hydrogens is 607 g/mol. The summed E-state index contributed by atoms with van der Waals surface area (Å²) >= 11 is 0. The smallest absolute Gasteiger partial charge is 0.335 e. The number of para-hydroxylation sites is 1. The summed E-state index contributed by atoms with van der Waals surface area (Å²) in [5.41, 5.74) is 0.971. The summed E-state index contributed by atoms with van der Waals surface area (Å²) in [6.45, 7) is 17.4. The molecule has 2 saturated heterocycles. The molecule has 4 rings (SSSR count). The normalized spacial score (nSPS) is 26.9. The molecule has 0 amide bonds. The molecule has 2 aliphatic rings. The van der Waals surface area contributed by atoms with E-state index >= 15 is 0 Å². The van der Waals surface area contributed by atoms with Crippen molar-refractivity contribution in [1.82, 2.24) is 9.55 Å². The van der Waals surface area contributed by atoms with Gasteiger partial charge in [0.15, 0.2) is 6.23 Å². The first-order chi connectivity index (χ1) is 17.9. The minimum Gasteiger partial charge on any atom is -0.414 e. The Morgan fingerprint density at radius 1 is 1.03 bits per heavy atom. The first kappa shape index (κ1) is 32.7. The van der Waals surface area contributed by atoms with Crippen LogP contribution in [-0.4, -0.2) is 56.7 Å². The molecule has 9 nitrogen and oxygen atoms in total. The Morgan fingerprint density at radius 3 is 2.21 bits per heavy atom. The zero-order valence-corrected chi connectivity index (χ0v) is 29.0. The summed E-state index contributed by atoms with van der Waals surface area (Å²) < 4.78 is 28.4. The summed E-state index contributed by atoms with van der Waals surface area (Å²) in [7, 11) is -5.67. The monoisotopic (exact) mass is 648 g/mol. The van der Waals surface area contributed by atoms with E-state index in [1.807, 2.05) is 12.1 Å². The first-order valence-corrected chi connectivity index (χ1v) is 17.5. The van der Waals surface area contributed by atoms with Crippen LogP contribution in [0.15, 0.2) is 40.2 Å². The van der Waals surface area contributed by atoms with E-state index in [-0.39, 0.29) is 67.0 Å². The molecule has 0 bridgehead atoms. The van der Waals surface area contributed by atoms with Crippen LogP contribution in [0, 0.1) is 12.1 Å². The number of nitrogens with zero attached hydrogens (tertiary/aromatic N) is 2. The van der Waals surface area contributed by atoms with Gasteiger partial charge in [0.05, 0.1) is 6.61 Å². The number of aromatic amines is 1. The van der Waals surface area contributed by atoms with Crippen LogP contribution in [0.3, 0.4) is 0 Å². The molecular formula is C27H41N3O6Si2Y-2. The van der Waals surface area contributed by atoms with Gasteiger partial charge >= 0.3 is 22.8 Å². The standard InChI is InChI=1S/C27H41N3O6Si2.Y/c1-17(2)37(18(3)4)33-16-22-25(35-38(36-37,19(5)6)20(7)8)24(31)26(34-22)30-15-14-23(29-27(30)32)28-21-12-10-9-11-13-21;/h9-12,15,17-20,22,24-26,31H,16H2,1-8H3,(H,28,29,32);/q-2;/t22-,24?,25-,26+;/m0./s1. The third-order valence-corrected chi connectivity index (χ3v) is 17.9. The molecule has 0 spiro atoms. The van der Waals surface area contributed by atoms with Gasteiger partial charge in [-0.2, -0.15) is 30.5 Å². The fourth-order valence-corrected chi connectivity index (χ4v) is 16.8. The van der Waals surface area contributed by atoms with E-state index in [2.05, 4.69) is 77.5 Å². The largest absolute Gasteiger partial charge is 0.414 e. The summed E-state index contributed by atoms with van der Waals surface area (Å²) in [6.07, 6.45) is -1.86. The summed E-state index contributed by atoms with van der Waals surface area (Å²) in [4.78, 5) is 20.1. The number of aliphatic hydroxyl groups excluding tert-OH is 1. The van der Waals surface area contributed by atoms with Crippen molar-refractivity contribution in [2.24, 2.45) is 4.99 Å². The van der Waals surface area contributed by atoms with Crippen molar-refractivity contribution in [1.29, 1.82) is 0 Å². The molecule has 2 aromatic rings. The van der Waals surface area contributed by atoms with E-state index in [1.165, 1.54) is 10.8 Å². The molecule has 3 heterocycles. The summed E-state index contributed by atoms with van der Waals surface area (Å²) in [6, 6.07) is 13.2. The zero-order valence-electron chi connectivity index (χ0n) is 24.2. The Kier molecular flexibility index (Phi) is 10.9. The number of benzene rings is 1. The van der Waals surface area contributed by atoms with Crippen LogP contribution in [0.4, 0.5) is 5.69 Å². The number of nitrogens with one attached hydrogen (secondary N) is 1. The van der Waals surface area contributed by atoms with Gasteiger partial charge in [0.25, 0.3) is 0 Å². The van der Waals surface area contributed by atoms with Crippen LogP contribution in [0.25, 0.3) is 0 Å². The molecule has 2 aliphatic heterocycles. The number of hydrogen-bond acceptors (Lipinski definition) is 7.